The molecule has 0 aliphatic carbocycles. The first kappa shape index (κ1) is 17.1. The maximum absolute atomic E-state index is 12.2. The van der Waals surface area contributed by atoms with Crippen molar-refractivity contribution in [2.45, 2.75) is 25.3 Å². The molecule has 2 fully saturated rings. The second kappa shape index (κ2) is 7.46. The van der Waals surface area contributed by atoms with Gasteiger partial charge >= 0.3 is 0 Å². The van der Waals surface area contributed by atoms with Gasteiger partial charge in [-0.3, -0.25) is 24.7 Å². The van der Waals surface area contributed by atoms with Gasteiger partial charge in [0.15, 0.2) is 0 Å². The molecule has 7 nitrogen and oxygen atoms in total. The number of carbonyl (C=O) groups is 1. The minimum absolute atomic E-state index is 0.0615. The number of amides is 1. The molecule has 8 heteroatoms. The molecule has 0 radical (unpaired) electrons. The van der Waals surface area contributed by atoms with Crippen molar-refractivity contribution in [1.82, 2.24) is 9.80 Å². The Bertz CT molecular complexity index is 640. The van der Waals surface area contributed by atoms with E-state index in [-0.39, 0.29) is 16.6 Å². The summed E-state index contributed by atoms with van der Waals surface area (Å²) in [4.78, 5) is 27.3. The SMILES string of the molecule is O=C(CN1CCN2CCCCC2C1)Nc1ccc(Cl)c([N+](=O)[O-])c1. The lowest BCUT2D eigenvalue weighted by Crippen LogP contribution is -2.55. The largest absolute Gasteiger partial charge is 0.325 e. The predicted molar refractivity (Wildman–Crippen MR) is 92.4 cm³/mol. The molecular formula is C16H21ClN4O3. The molecule has 130 valence electrons. The lowest BCUT2D eigenvalue weighted by Gasteiger charge is -2.43. The Morgan fingerprint density at radius 1 is 1.33 bits per heavy atom. The van der Waals surface area contributed by atoms with Crippen LogP contribution in [0.4, 0.5) is 11.4 Å². The lowest BCUT2D eigenvalue weighted by atomic mass is 9.99. The lowest BCUT2D eigenvalue weighted by molar-refractivity contribution is -0.384. The monoisotopic (exact) mass is 352 g/mol. The van der Waals surface area contributed by atoms with Crippen LogP contribution in [0.15, 0.2) is 18.2 Å². The number of nitrogens with zero attached hydrogens (tertiary/aromatic N) is 3. The standard InChI is InChI=1S/C16H21ClN4O3/c17-14-5-4-12(9-15(14)21(23)24)18-16(22)11-19-7-8-20-6-2-1-3-13(20)10-19/h4-5,9,13H,1-3,6-8,10-11H2,(H,18,22). The highest BCUT2D eigenvalue weighted by Gasteiger charge is 2.29. The fourth-order valence-electron chi connectivity index (χ4n) is 3.50. The van der Waals surface area contributed by atoms with E-state index in [4.69, 9.17) is 11.6 Å². The number of benzene rings is 1. The van der Waals surface area contributed by atoms with E-state index < -0.39 is 4.92 Å². The van der Waals surface area contributed by atoms with Gasteiger partial charge in [0, 0.05) is 37.4 Å². The minimum atomic E-state index is -0.555. The van der Waals surface area contributed by atoms with Gasteiger partial charge in [0.25, 0.3) is 5.69 Å². The number of halogens is 1. The Kier molecular flexibility index (Phi) is 5.33. The maximum atomic E-state index is 12.2. The van der Waals surface area contributed by atoms with Crippen molar-refractivity contribution < 1.29 is 9.72 Å². The van der Waals surface area contributed by atoms with Crippen molar-refractivity contribution in [1.29, 1.82) is 0 Å². The van der Waals surface area contributed by atoms with E-state index >= 15 is 0 Å². The van der Waals surface area contributed by atoms with E-state index in [0.717, 1.165) is 19.6 Å². The van der Waals surface area contributed by atoms with Gasteiger partial charge in [0.05, 0.1) is 11.5 Å². The number of nitro groups is 1. The van der Waals surface area contributed by atoms with Crippen molar-refractivity contribution in [3.8, 4) is 0 Å². The van der Waals surface area contributed by atoms with Gasteiger partial charge in [0.2, 0.25) is 5.91 Å². The normalized spacial score (nSPS) is 22.0. The zero-order valence-corrected chi connectivity index (χ0v) is 14.2. The van der Waals surface area contributed by atoms with Gasteiger partial charge < -0.3 is 5.32 Å². The molecule has 0 bridgehead atoms. The molecule has 2 aliphatic rings. The summed E-state index contributed by atoms with van der Waals surface area (Å²) < 4.78 is 0. The summed E-state index contributed by atoms with van der Waals surface area (Å²) in [5.74, 6) is -0.157. The van der Waals surface area contributed by atoms with Crippen LogP contribution < -0.4 is 5.32 Å². The van der Waals surface area contributed by atoms with E-state index in [0.29, 0.717) is 18.3 Å². The minimum Gasteiger partial charge on any atom is -0.325 e. The van der Waals surface area contributed by atoms with Crippen molar-refractivity contribution in [3.05, 3.63) is 33.3 Å². The number of piperazine rings is 1. The van der Waals surface area contributed by atoms with Crippen LogP contribution in [0.1, 0.15) is 19.3 Å². The molecule has 1 aromatic carbocycles. The number of hydrogen-bond donors (Lipinski definition) is 1. The molecule has 2 aliphatic heterocycles. The van der Waals surface area contributed by atoms with E-state index in [9.17, 15) is 14.9 Å². The Labute approximate surface area is 145 Å². The molecule has 2 heterocycles. The fourth-order valence-corrected chi connectivity index (χ4v) is 3.68. The van der Waals surface area contributed by atoms with Gasteiger partial charge in [-0.25, -0.2) is 0 Å². The molecule has 1 N–H and O–H groups in total. The Morgan fingerprint density at radius 2 is 2.17 bits per heavy atom. The fraction of sp³-hybridized carbons (Fsp3) is 0.562. The summed E-state index contributed by atoms with van der Waals surface area (Å²) in [5.41, 5.74) is 0.192. The molecule has 24 heavy (non-hydrogen) atoms. The number of piperidine rings is 1. The van der Waals surface area contributed by atoms with Crippen molar-refractivity contribution in [2.75, 3.05) is 38.0 Å². The van der Waals surface area contributed by atoms with Crippen molar-refractivity contribution in [2.24, 2.45) is 0 Å². The molecule has 1 aromatic rings. The summed E-state index contributed by atoms with van der Waals surface area (Å²) in [5, 5.41) is 13.7. The number of nitrogens with one attached hydrogen (secondary N) is 1. The van der Waals surface area contributed by atoms with Crippen LogP contribution in [0.2, 0.25) is 5.02 Å². The summed E-state index contributed by atoms with van der Waals surface area (Å²) in [6.45, 7) is 4.27. The van der Waals surface area contributed by atoms with Crippen molar-refractivity contribution in [3.63, 3.8) is 0 Å². The second-order valence-corrected chi connectivity index (χ2v) is 6.80. The maximum Gasteiger partial charge on any atom is 0.289 e. The molecule has 1 unspecified atom stereocenters. The molecule has 0 spiro atoms. The highest BCUT2D eigenvalue weighted by atomic mass is 35.5. The number of nitro benzene ring substituents is 1. The van der Waals surface area contributed by atoms with Gasteiger partial charge in [0.1, 0.15) is 5.02 Å². The average molecular weight is 353 g/mol. The zero-order chi connectivity index (χ0) is 17.1. The predicted octanol–water partition coefficient (Wildman–Crippen LogP) is 2.36. The van der Waals surface area contributed by atoms with Crippen LogP contribution in [0, 0.1) is 10.1 Å². The molecule has 2 saturated heterocycles. The highest BCUT2D eigenvalue weighted by molar-refractivity contribution is 6.32. The third-order valence-electron chi connectivity index (χ3n) is 4.72. The molecule has 1 amide bonds. The van der Waals surface area contributed by atoms with Crippen LogP contribution in [-0.4, -0.2) is 59.4 Å². The van der Waals surface area contributed by atoms with Gasteiger partial charge in [-0.15, -0.1) is 0 Å². The summed E-state index contributed by atoms with van der Waals surface area (Å²) >= 11 is 5.78. The first-order chi connectivity index (χ1) is 11.5. The third kappa shape index (κ3) is 4.03. The van der Waals surface area contributed by atoms with Crippen LogP contribution in [0.3, 0.4) is 0 Å². The Hall–Kier alpha value is -1.70. The first-order valence-corrected chi connectivity index (χ1v) is 8.61. The van der Waals surface area contributed by atoms with E-state index in [1.807, 2.05) is 0 Å². The molecular weight excluding hydrogens is 332 g/mol. The van der Waals surface area contributed by atoms with Gasteiger partial charge in [-0.05, 0) is 31.5 Å². The quantitative estimate of drug-likeness (QED) is 0.664. The van der Waals surface area contributed by atoms with Crippen molar-refractivity contribution >= 4 is 28.9 Å². The van der Waals surface area contributed by atoms with Gasteiger partial charge in [-0.1, -0.05) is 18.0 Å². The number of carbonyl (C=O) groups excluding carboxylic acids is 1. The second-order valence-electron chi connectivity index (χ2n) is 6.39. The zero-order valence-electron chi connectivity index (χ0n) is 13.4. The average Bonchev–Trinajstić information content (AvgIpc) is 2.56. The first-order valence-electron chi connectivity index (χ1n) is 8.23. The van der Waals surface area contributed by atoms with Crippen LogP contribution >= 0.6 is 11.6 Å². The molecule has 3 rings (SSSR count). The summed E-state index contributed by atoms with van der Waals surface area (Å²) in [7, 11) is 0. The van der Waals surface area contributed by atoms with E-state index in [1.54, 1.807) is 6.07 Å². The Balaban J connectivity index is 1.56. The molecule has 0 saturated carbocycles. The topological polar surface area (TPSA) is 78.7 Å². The summed E-state index contributed by atoms with van der Waals surface area (Å²) in [6, 6.07) is 4.85. The number of hydrogen-bond acceptors (Lipinski definition) is 5. The van der Waals surface area contributed by atoms with Crippen LogP contribution in [0.5, 0.6) is 0 Å². The number of anilines is 1. The number of fused-ring (bicyclic) bond motifs is 1. The van der Waals surface area contributed by atoms with Gasteiger partial charge in [-0.2, -0.15) is 0 Å². The third-order valence-corrected chi connectivity index (χ3v) is 5.03. The van der Waals surface area contributed by atoms with Crippen LogP contribution in [0.25, 0.3) is 0 Å². The highest BCUT2D eigenvalue weighted by Crippen LogP contribution is 2.27. The number of rotatable bonds is 4. The Morgan fingerprint density at radius 3 is 2.96 bits per heavy atom. The summed E-state index contributed by atoms with van der Waals surface area (Å²) in [6.07, 6.45) is 3.73. The van der Waals surface area contributed by atoms with Crippen LogP contribution in [-0.2, 0) is 4.79 Å². The molecule has 1 atom stereocenters. The van der Waals surface area contributed by atoms with E-state index in [1.165, 1.54) is 37.9 Å². The van der Waals surface area contributed by atoms with E-state index in [2.05, 4.69) is 15.1 Å². The smallest absolute Gasteiger partial charge is 0.289 e. The molecule has 0 aromatic heterocycles.